The minimum Gasteiger partial charge on any atom is -0.282 e. The fourth-order valence-corrected chi connectivity index (χ4v) is 3.29. The Labute approximate surface area is 129 Å². The zero-order valence-electron chi connectivity index (χ0n) is 11.0. The fraction of sp³-hybridized carbons (Fsp3) is 0.231. The van der Waals surface area contributed by atoms with Crippen molar-refractivity contribution < 1.29 is 0 Å². The highest BCUT2D eigenvalue weighted by molar-refractivity contribution is 7.71. The number of aromatic nitrogens is 5. The summed E-state index contributed by atoms with van der Waals surface area (Å²) in [7, 11) is 0. The number of aryl methyl sites for hydroxylation is 1. The van der Waals surface area contributed by atoms with Gasteiger partial charge in [-0.1, -0.05) is 6.07 Å². The van der Waals surface area contributed by atoms with E-state index >= 15 is 0 Å². The van der Waals surface area contributed by atoms with E-state index in [0.717, 1.165) is 29.8 Å². The summed E-state index contributed by atoms with van der Waals surface area (Å²) in [6.45, 7) is 0. The summed E-state index contributed by atoms with van der Waals surface area (Å²) < 4.78 is 2.09. The number of aromatic amines is 2. The van der Waals surface area contributed by atoms with E-state index in [4.69, 9.17) is 12.2 Å². The molecule has 106 valence electrons. The van der Waals surface area contributed by atoms with Crippen molar-refractivity contribution in [3.63, 3.8) is 0 Å². The van der Waals surface area contributed by atoms with Crippen molar-refractivity contribution in [2.24, 2.45) is 5.10 Å². The number of fused-ring (bicyclic) bond motifs is 1. The Hall–Kier alpha value is -2.06. The lowest BCUT2D eigenvalue weighted by Crippen LogP contribution is -1.96. The third-order valence-corrected chi connectivity index (χ3v) is 4.58. The molecule has 0 saturated heterocycles. The SMILES string of the molecule is S=c1[nH]nc(-c2n[nH]c3c2CCC3)n1N=Cc1cccs1. The van der Waals surface area contributed by atoms with Gasteiger partial charge in [0.15, 0.2) is 0 Å². The van der Waals surface area contributed by atoms with Gasteiger partial charge in [-0.05, 0) is 42.9 Å². The van der Waals surface area contributed by atoms with Gasteiger partial charge < -0.3 is 0 Å². The topological polar surface area (TPSA) is 74.7 Å². The molecule has 0 radical (unpaired) electrons. The van der Waals surface area contributed by atoms with Crippen LogP contribution in [0.4, 0.5) is 0 Å². The Morgan fingerprint density at radius 3 is 3.14 bits per heavy atom. The van der Waals surface area contributed by atoms with Crippen LogP contribution >= 0.6 is 23.6 Å². The van der Waals surface area contributed by atoms with Gasteiger partial charge in [-0.2, -0.15) is 20.0 Å². The van der Waals surface area contributed by atoms with Crippen LogP contribution < -0.4 is 0 Å². The molecule has 4 rings (SSSR count). The van der Waals surface area contributed by atoms with Crippen molar-refractivity contribution in [1.82, 2.24) is 25.1 Å². The summed E-state index contributed by atoms with van der Waals surface area (Å²) >= 11 is 6.89. The lowest BCUT2D eigenvalue weighted by atomic mass is 10.2. The molecule has 0 atom stereocenters. The highest BCUT2D eigenvalue weighted by Crippen LogP contribution is 2.29. The molecule has 0 amide bonds. The molecule has 0 aromatic carbocycles. The molecule has 8 heteroatoms. The molecule has 0 bridgehead atoms. The first-order valence-corrected chi connectivity index (χ1v) is 7.93. The smallest absolute Gasteiger partial charge is 0.216 e. The molecule has 2 N–H and O–H groups in total. The Morgan fingerprint density at radius 1 is 1.33 bits per heavy atom. The number of nitrogens with one attached hydrogen (secondary N) is 2. The standard InChI is InChI=1S/C13H12N6S2/c20-13-18-17-12(11-9-4-1-5-10(9)15-16-11)19(13)14-7-8-3-2-6-21-8/h2-3,6-7H,1,4-5H2,(H,15,16)(H,18,20). The van der Waals surface area contributed by atoms with Crippen LogP contribution in [0.2, 0.25) is 0 Å². The van der Waals surface area contributed by atoms with E-state index in [2.05, 4.69) is 25.5 Å². The van der Waals surface area contributed by atoms with Gasteiger partial charge in [-0.3, -0.25) is 5.10 Å². The molecule has 3 aromatic heterocycles. The van der Waals surface area contributed by atoms with Gasteiger partial charge in [-0.15, -0.1) is 11.3 Å². The summed E-state index contributed by atoms with van der Waals surface area (Å²) in [5.41, 5.74) is 3.28. The van der Waals surface area contributed by atoms with Gasteiger partial charge in [0.2, 0.25) is 10.6 Å². The van der Waals surface area contributed by atoms with Crippen molar-refractivity contribution in [3.05, 3.63) is 38.4 Å². The van der Waals surface area contributed by atoms with Crippen LogP contribution in [0.3, 0.4) is 0 Å². The van der Waals surface area contributed by atoms with Gasteiger partial charge in [0.05, 0.1) is 6.21 Å². The largest absolute Gasteiger partial charge is 0.282 e. The molecule has 21 heavy (non-hydrogen) atoms. The second-order valence-electron chi connectivity index (χ2n) is 4.81. The average Bonchev–Trinajstić information content (AvgIpc) is 3.21. The minimum absolute atomic E-state index is 0.465. The van der Waals surface area contributed by atoms with Gasteiger partial charge in [0, 0.05) is 16.1 Å². The van der Waals surface area contributed by atoms with Gasteiger partial charge >= 0.3 is 0 Å². The molecule has 6 nitrogen and oxygen atoms in total. The lowest BCUT2D eigenvalue weighted by Gasteiger charge is -1.99. The number of nitrogens with zero attached hydrogens (tertiary/aromatic N) is 4. The summed E-state index contributed by atoms with van der Waals surface area (Å²) in [6, 6.07) is 3.99. The summed E-state index contributed by atoms with van der Waals surface area (Å²) in [5, 5.41) is 21.0. The van der Waals surface area contributed by atoms with Crippen molar-refractivity contribution >= 4 is 29.8 Å². The van der Waals surface area contributed by atoms with E-state index in [1.165, 1.54) is 11.3 Å². The fourth-order valence-electron chi connectivity index (χ4n) is 2.54. The zero-order chi connectivity index (χ0) is 14.2. The molecule has 0 spiro atoms. The van der Waals surface area contributed by atoms with E-state index in [1.54, 1.807) is 22.2 Å². The second kappa shape index (κ2) is 5.05. The first kappa shape index (κ1) is 12.7. The van der Waals surface area contributed by atoms with Crippen molar-refractivity contribution in [1.29, 1.82) is 0 Å². The van der Waals surface area contributed by atoms with Crippen LogP contribution in [-0.2, 0) is 12.8 Å². The van der Waals surface area contributed by atoms with Crippen molar-refractivity contribution in [3.8, 4) is 11.5 Å². The molecule has 1 aliphatic rings. The van der Waals surface area contributed by atoms with Gasteiger partial charge in [0.25, 0.3) is 0 Å². The van der Waals surface area contributed by atoms with E-state index in [0.29, 0.717) is 10.6 Å². The van der Waals surface area contributed by atoms with Crippen LogP contribution in [0.25, 0.3) is 11.5 Å². The van der Waals surface area contributed by atoms with Crippen molar-refractivity contribution in [2.45, 2.75) is 19.3 Å². The molecule has 0 unspecified atom stereocenters. The second-order valence-corrected chi connectivity index (χ2v) is 6.17. The van der Waals surface area contributed by atoms with Gasteiger partial charge in [-0.25, -0.2) is 5.10 Å². The Balaban J connectivity index is 1.78. The van der Waals surface area contributed by atoms with Crippen molar-refractivity contribution in [2.75, 3.05) is 0 Å². The van der Waals surface area contributed by atoms with Gasteiger partial charge in [0.1, 0.15) is 5.69 Å². The molecular weight excluding hydrogens is 304 g/mol. The summed E-state index contributed by atoms with van der Waals surface area (Å²) in [6.07, 6.45) is 5.01. The normalized spacial score (nSPS) is 14.1. The molecule has 3 heterocycles. The Bertz CT molecular complexity index is 852. The van der Waals surface area contributed by atoms with E-state index in [9.17, 15) is 0 Å². The zero-order valence-corrected chi connectivity index (χ0v) is 12.7. The Kier molecular flexibility index (Phi) is 3.04. The molecule has 3 aromatic rings. The molecule has 1 aliphatic carbocycles. The van der Waals surface area contributed by atoms with Crippen LogP contribution in [-0.4, -0.2) is 31.3 Å². The predicted molar refractivity (Wildman–Crippen MR) is 84.3 cm³/mol. The summed E-state index contributed by atoms with van der Waals surface area (Å²) in [5.74, 6) is 0.659. The molecular formula is C13H12N6S2. The predicted octanol–water partition coefficient (Wildman–Crippen LogP) is 2.76. The monoisotopic (exact) mass is 316 g/mol. The maximum Gasteiger partial charge on any atom is 0.216 e. The number of hydrogen-bond donors (Lipinski definition) is 2. The third kappa shape index (κ3) is 2.16. The van der Waals surface area contributed by atoms with Crippen LogP contribution in [0.5, 0.6) is 0 Å². The molecule has 0 fully saturated rings. The van der Waals surface area contributed by atoms with Crippen LogP contribution in [0, 0.1) is 4.77 Å². The maximum absolute atomic E-state index is 5.27. The molecule has 0 aliphatic heterocycles. The lowest BCUT2D eigenvalue weighted by molar-refractivity contribution is 0.844. The highest BCUT2D eigenvalue weighted by Gasteiger charge is 2.23. The average molecular weight is 316 g/mol. The number of H-pyrrole nitrogens is 2. The first-order chi connectivity index (χ1) is 10.3. The highest BCUT2D eigenvalue weighted by atomic mass is 32.1. The van der Waals surface area contributed by atoms with Crippen LogP contribution in [0.1, 0.15) is 22.6 Å². The van der Waals surface area contributed by atoms with E-state index in [-0.39, 0.29) is 0 Å². The third-order valence-electron chi connectivity index (χ3n) is 3.51. The number of hydrogen-bond acceptors (Lipinski definition) is 5. The molecule has 0 saturated carbocycles. The van der Waals surface area contributed by atoms with E-state index in [1.807, 2.05) is 17.5 Å². The quantitative estimate of drug-likeness (QED) is 0.576. The Morgan fingerprint density at radius 2 is 2.29 bits per heavy atom. The minimum atomic E-state index is 0.465. The summed E-state index contributed by atoms with van der Waals surface area (Å²) in [4.78, 5) is 1.07. The number of thiophene rings is 1. The van der Waals surface area contributed by atoms with Crippen LogP contribution in [0.15, 0.2) is 22.6 Å². The first-order valence-electron chi connectivity index (χ1n) is 6.64. The maximum atomic E-state index is 5.27. The number of rotatable bonds is 3. The van der Waals surface area contributed by atoms with E-state index < -0.39 is 0 Å².